The van der Waals surface area contributed by atoms with Crippen LogP contribution in [0.4, 0.5) is 0 Å². The fraction of sp³-hybridized carbons (Fsp3) is 0.104. The molecule has 0 saturated heterocycles. The first kappa shape index (κ1) is 41.4. The smallest absolute Gasteiger partial charge is 0.136 e. The van der Waals surface area contributed by atoms with E-state index in [1.54, 1.807) is 0 Å². The maximum absolute atomic E-state index is 6.70. The summed E-state index contributed by atoms with van der Waals surface area (Å²) >= 11 is 1.90. The third-order valence-electron chi connectivity index (χ3n) is 15.5. The maximum Gasteiger partial charge on any atom is 0.136 e. The Balaban J connectivity index is 0.822. The number of nitrogens with zero attached hydrogens (tertiary/aromatic N) is 1. The number of hydrogen-bond donors (Lipinski definition) is 1. The number of allylic oxidation sites excluding steroid dienone is 7. The first-order chi connectivity index (χ1) is 35.7. The van der Waals surface area contributed by atoms with Crippen LogP contribution in [-0.4, -0.2) is 4.57 Å². The van der Waals surface area contributed by atoms with E-state index in [0.717, 1.165) is 87.2 Å². The Kier molecular flexibility index (Phi) is 9.56. The van der Waals surface area contributed by atoms with E-state index >= 15 is 0 Å². The minimum Gasteiger partial charge on any atom is -0.456 e. The molecule has 1 N–H and O–H groups in total. The highest BCUT2D eigenvalue weighted by molar-refractivity contribution is 7.26. The molecule has 15 rings (SSSR count). The van der Waals surface area contributed by atoms with E-state index in [9.17, 15) is 0 Å². The third-order valence-corrected chi connectivity index (χ3v) is 16.7. The topological polar surface area (TPSA) is 43.2 Å². The van der Waals surface area contributed by atoms with Gasteiger partial charge < -0.3 is 18.7 Å². The summed E-state index contributed by atoms with van der Waals surface area (Å²) in [6, 6.07) is 62.0. The van der Waals surface area contributed by atoms with Crippen LogP contribution in [0.5, 0.6) is 0 Å². The van der Waals surface area contributed by atoms with Crippen molar-refractivity contribution in [1.29, 1.82) is 0 Å². The van der Waals surface area contributed by atoms with E-state index in [0.29, 0.717) is 0 Å². The van der Waals surface area contributed by atoms with Crippen LogP contribution < -0.4 is 15.9 Å². The zero-order chi connectivity index (χ0) is 47.3. The van der Waals surface area contributed by atoms with Crippen LogP contribution in [0.25, 0.3) is 115 Å². The van der Waals surface area contributed by atoms with Gasteiger partial charge in [0.05, 0.1) is 11.6 Å². The van der Waals surface area contributed by atoms with Crippen molar-refractivity contribution in [2.45, 2.75) is 44.1 Å². The molecule has 12 aromatic rings. The van der Waals surface area contributed by atoms with Crippen molar-refractivity contribution in [3.63, 3.8) is 0 Å². The van der Waals surface area contributed by atoms with Gasteiger partial charge in [-0.25, -0.2) is 0 Å². The second-order valence-corrected chi connectivity index (χ2v) is 20.8. The van der Waals surface area contributed by atoms with Gasteiger partial charge in [-0.2, -0.15) is 0 Å². The zero-order valence-electron chi connectivity index (χ0n) is 39.6. The molecule has 0 fully saturated rings. The number of furan rings is 2. The maximum atomic E-state index is 6.70. The van der Waals surface area contributed by atoms with Gasteiger partial charge in [0.15, 0.2) is 0 Å². The third kappa shape index (κ3) is 6.72. The molecule has 3 aliphatic rings. The highest BCUT2D eigenvalue weighted by atomic mass is 32.1. The van der Waals surface area contributed by atoms with Crippen molar-refractivity contribution in [2.24, 2.45) is 0 Å². The summed E-state index contributed by atoms with van der Waals surface area (Å²) in [5.41, 5.74) is 15.9. The van der Waals surface area contributed by atoms with E-state index in [-0.39, 0.29) is 12.0 Å². The molecule has 72 heavy (non-hydrogen) atoms. The van der Waals surface area contributed by atoms with Crippen LogP contribution in [0.1, 0.15) is 66.3 Å². The van der Waals surface area contributed by atoms with E-state index in [4.69, 9.17) is 8.83 Å². The minimum atomic E-state index is 0.0954. The summed E-state index contributed by atoms with van der Waals surface area (Å²) in [7, 11) is 0. The van der Waals surface area contributed by atoms with E-state index in [1.807, 2.05) is 17.4 Å². The van der Waals surface area contributed by atoms with Crippen LogP contribution in [0.15, 0.2) is 209 Å². The predicted molar refractivity (Wildman–Crippen MR) is 303 cm³/mol. The Morgan fingerprint density at radius 3 is 2.25 bits per heavy atom. The zero-order valence-corrected chi connectivity index (χ0v) is 40.4. The van der Waals surface area contributed by atoms with Crippen LogP contribution in [0.2, 0.25) is 0 Å². The van der Waals surface area contributed by atoms with E-state index in [1.165, 1.54) is 80.7 Å². The molecule has 2 unspecified atom stereocenters. The Morgan fingerprint density at radius 2 is 1.32 bits per heavy atom. The molecule has 2 atom stereocenters. The molecule has 1 aliphatic heterocycles. The molecule has 5 heterocycles. The van der Waals surface area contributed by atoms with Gasteiger partial charge in [0.1, 0.15) is 22.3 Å². The van der Waals surface area contributed by atoms with Crippen LogP contribution in [0, 0.1) is 0 Å². The molecule has 0 saturated carbocycles. The number of hydrogen-bond acceptors (Lipinski definition) is 4. The minimum absolute atomic E-state index is 0.0954. The molecule has 344 valence electrons. The average Bonchev–Trinajstić information content (AvgIpc) is 4.20. The average molecular weight is 945 g/mol. The van der Waals surface area contributed by atoms with Crippen LogP contribution >= 0.6 is 11.3 Å². The van der Waals surface area contributed by atoms with Gasteiger partial charge in [-0.05, 0) is 126 Å². The molecule has 4 aromatic heterocycles. The van der Waals surface area contributed by atoms with E-state index < -0.39 is 0 Å². The summed E-state index contributed by atoms with van der Waals surface area (Å²) in [5, 5.41) is 15.2. The second-order valence-electron chi connectivity index (χ2n) is 19.7. The Labute approximate surface area is 420 Å². The van der Waals surface area contributed by atoms with Gasteiger partial charge in [0, 0.05) is 75.0 Å². The fourth-order valence-electron chi connectivity index (χ4n) is 12.1. The highest BCUT2D eigenvalue weighted by Crippen LogP contribution is 2.43. The monoisotopic (exact) mass is 944 g/mol. The summed E-state index contributed by atoms with van der Waals surface area (Å²) in [6.07, 6.45) is 21.7. The first-order valence-corrected chi connectivity index (χ1v) is 26.2. The number of para-hydroxylation sites is 1. The van der Waals surface area contributed by atoms with Crippen molar-refractivity contribution >= 4 is 115 Å². The number of fused-ring (bicyclic) bond motifs is 12. The molecule has 8 aromatic carbocycles. The van der Waals surface area contributed by atoms with Gasteiger partial charge in [-0.15, -0.1) is 11.3 Å². The lowest BCUT2D eigenvalue weighted by Crippen LogP contribution is -2.32. The number of benzene rings is 8. The molecule has 2 aliphatic carbocycles. The Hall–Kier alpha value is -8.38. The van der Waals surface area contributed by atoms with Gasteiger partial charge in [-0.1, -0.05) is 158 Å². The lowest BCUT2D eigenvalue weighted by molar-refractivity contribution is 0.584. The van der Waals surface area contributed by atoms with Crippen molar-refractivity contribution in [2.75, 3.05) is 0 Å². The SMILES string of the molecule is C1=CC(n2c3c(c4ccc(-c5cccc6c5sc5ccccc56)cc42)=CC(c2ccc4oc5cccc(C6=CCCC(c7ccc8c(c7)oc7ccccc78)NC(c7ccccc7)=C6)c5c4c2)CC=3)=CCC1. The molecule has 0 radical (unpaired) electrons. The van der Waals surface area contributed by atoms with Gasteiger partial charge in [-0.3, -0.25) is 0 Å². The normalized spacial score (nSPS) is 17.1. The Morgan fingerprint density at radius 1 is 0.542 bits per heavy atom. The number of aromatic nitrogens is 1. The van der Waals surface area contributed by atoms with Crippen LogP contribution in [0.3, 0.4) is 0 Å². The predicted octanol–water partition coefficient (Wildman–Crippen LogP) is 17.0. The largest absolute Gasteiger partial charge is 0.456 e. The lowest BCUT2D eigenvalue weighted by Gasteiger charge is -2.25. The van der Waals surface area contributed by atoms with Gasteiger partial charge >= 0.3 is 0 Å². The second kappa shape index (κ2) is 16.6. The fourth-order valence-corrected chi connectivity index (χ4v) is 13.3. The van der Waals surface area contributed by atoms with Crippen molar-refractivity contribution in [1.82, 2.24) is 9.88 Å². The van der Waals surface area contributed by atoms with Gasteiger partial charge in [0.2, 0.25) is 0 Å². The number of thiophene rings is 1. The lowest BCUT2D eigenvalue weighted by atomic mass is 9.89. The summed E-state index contributed by atoms with van der Waals surface area (Å²) in [6.45, 7) is 0. The van der Waals surface area contributed by atoms with Crippen molar-refractivity contribution in [3.8, 4) is 11.1 Å². The summed E-state index contributed by atoms with van der Waals surface area (Å²) < 4.78 is 18.3. The first-order valence-electron chi connectivity index (χ1n) is 25.4. The molecular formula is C67H48N2O2S. The van der Waals surface area contributed by atoms with Crippen molar-refractivity contribution in [3.05, 3.63) is 233 Å². The number of nitrogens with one attached hydrogen (secondary N) is 1. The Bertz CT molecular complexity index is 4470. The molecule has 5 heteroatoms. The van der Waals surface area contributed by atoms with Crippen LogP contribution in [-0.2, 0) is 0 Å². The van der Waals surface area contributed by atoms with Gasteiger partial charge in [0.25, 0.3) is 0 Å². The summed E-state index contributed by atoms with van der Waals surface area (Å²) in [5.74, 6) is 0.200. The number of rotatable bonds is 6. The molecule has 0 spiro atoms. The molecule has 4 nitrogen and oxygen atoms in total. The molecule has 0 bridgehead atoms. The molecular weight excluding hydrogens is 897 g/mol. The standard InChI is InChI=1S/C67H48N2O2S/c1-3-14-41(15-4-1)58-38-44(16-11-24-57(68-58)46-29-33-52-51-19-7-9-25-61(51)71-64(52)40-46)48-21-13-26-63-66(48)56-37-43(31-35-62(56)70-63)42-30-34-59-55(36-42)50-32-28-45(39-60(50)69(59)47-17-5-2-6-18-47)49-22-12-23-54-53-20-8-10-27-65(53)72-67(49)54/h1,3-5,7-10,12-23,25-29,31-40,42,57,68H,2,6,11,24,30H2. The quantitative estimate of drug-likeness (QED) is 0.181. The molecule has 0 amide bonds. The van der Waals surface area contributed by atoms with E-state index in [2.05, 4.69) is 216 Å². The van der Waals surface area contributed by atoms with Crippen molar-refractivity contribution < 1.29 is 8.83 Å². The highest BCUT2D eigenvalue weighted by Gasteiger charge is 2.23. The summed E-state index contributed by atoms with van der Waals surface area (Å²) in [4.78, 5) is 0.